The normalized spacial score (nSPS) is 15.1. The molecule has 0 radical (unpaired) electrons. The summed E-state index contributed by atoms with van der Waals surface area (Å²) in [5, 5.41) is 0. The number of carbonyl (C=O) groups excluding carboxylic acids is 1. The highest BCUT2D eigenvalue weighted by molar-refractivity contribution is 7.21. The maximum absolute atomic E-state index is 12.2. The molecule has 2 aromatic heterocycles. The summed E-state index contributed by atoms with van der Waals surface area (Å²) in [7, 11) is 1.84. The SMILES string of the molecule is CN(C(=O)c1sc2cccnc2c1N)C1CC1. The third-order valence-corrected chi connectivity index (χ3v) is 4.24. The van der Waals surface area contributed by atoms with E-state index in [1.165, 1.54) is 11.3 Å². The summed E-state index contributed by atoms with van der Waals surface area (Å²) in [5.41, 5.74) is 7.26. The Morgan fingerprint density at radius 2 is 2.35 bits per heavy atom. The number of fused-ring (bicyclic) bond motifs is 1. The van der Waals surface area contributed by atoms with Crippen molar-refractivity contribution in [3.8, 4) is 0 Å². The van der Waals surface area contributed by atoms with Gasteiger partial charge in [-0.05, 0) is 25.0 Å². The van der Waals surface area contributed by atoms with Gasteiger partial charge in [-0.3, -0.25) is 9.78 Å². The van der Waals surface area contributed by atoms with Crippen molar-refractivity contribution < 1.29 is 4.79 Å². The van der Waals surface area contributed by atoms with Gasteiger partial charge in [-0.1, -0.05) is 0 Å². The molecule has 17 heavy (non-hydrogen) atoms. The minimum absolute atomic E-state index is 0.0213. The number of aromatic nitrogens is 1. The minimum Gasteiger partial charge on any atom is -0.396 e. The number of rotatable bonds is 2. The van der Waals surface area contributed by atoms with Gasteiger partial charge in [-0.15, -0.1) is 11.3 Å². The highest BCUT2D eigenvalue weighted by Gasteiger charge is 2.32. The number of anilines is 1. The number of nitrogens with zero attached hydrogens (tertiary/aromatic N) is 2. The molecule has 1 fully saturated rings. The number of nitrogen functional groups attached to an aromatic ring is 1. The lowest BCUT2D eigenvalue weighted by Crippen LogP contribution is -2.28. The van der Waals surface area contributed by atoms with Crippen molar-refractivity contribution in [3.63, 3.8) is 0 Å². The number of thiophene rings is 1. The molecular formula is C12H13N3OS. The standard InChI is InChI=1S/C12H13N3OS/c1-15(7-4-5-7)12(16)11-9(13)10-8(17-11)3-2-6-14-10/h2-3,6-7H,4-5,13H2,1H3. The summed E-state index contributed by atoms with van der Waals surface area (Å²) in [6.45, 7) is 0. The van der Waals surface area contributed by atoms with Crippen LogP contribution in [0.2, 0.25) is 0 Å². The second-order valence-corrected chi connectivity index (χ2v) is 5.39. The van der Waals surface area contributed by atoms with E-state index in [1.807, 2.05) is 19.2 Å². The first kappa shape index (κ1) is 10.5. The van der Waals surface area contributed by atoms with Crippen molar-refractivity contribution >= 4 is 33.1 Å². The second kappa shape index (κ2) is 3.70. The molecule has 1 saturated carbocycles. The first-order valence-corrected chi connectivity index (χ1v) is 6.40. The number of hydrogen-bond donors (Lipinski definition) is 1. The van der Waals surface area contributed by atoms with Gasteiger partial charge in [0.15, 0.2) is 0 Å². The van der Waals surface area contributed by atoms with Crippen molar-refractivity contribution in [1.82, 2.24) is 9.88 Å². The van der Waals surface area contributed by atoms with Gasteiger partial charge in [0.1, 0.15) is 10.4 Å². The summed E-state index contributed by atoms with van der Waals surface area (Å²) in [5.74, 6) is 0.0213. The van der Waals surface area contributed by atoms with Crippen LogP contribution in [-0.4, -0.2) is 28.9 Å². The van der Waals surface area contributed by atoms with Crippen molar-refractivity contribution in [3.05, 3.63) is 23.2 Å². The zero-order chi connectivity index (χ0) is 12.0. The molecule has 0 unspecified atom stereocenters. The number of hydrogen-bond acceptors (Lipinski definition) is 4. The van der Waals surface area contributed by atoms with Crippen LogP contribution in [0.4, 0.5) is 5.69 Å². The Labute approximate surface area is 103 Å². The molecule has 2 aromatic rings. The van der Waals surface area contributed by atoms with Gasteiger partial charge in [-0.25, -0.2) is 0 Å². The number of pyridine rings is 1. The monoisotopic (exact) mass is 247 g/mol. The van der Waals surface area contributed by atoms with Crippen molar-refractivity contribution in [1.29, 1.82) is 0 Å². The third kappa shape index (κ3) is 1.67. The fourth-order valence-electron chi connectivity index (χ4n) is 1.89. The van der Waals surface area contributed by atoms with E-state index in [4.69, 9.17) is 5.73 Å². The third-order valence-electron chi connectivity index (χ3n) is 3.09. The fourth-order valence-corrected chi connectivity index (χ4v) is 2.96. The van der Waals surface area contributed by atoms with E-state index in [9.17, 15) is 4.79 Å². The Kier molecular flexibility index (Phi) is 2.29. The molecule has 88 valence electrons. The molecule has 0 atom stereocenters. The summed E-state index contributed by atoms with van der Waals surface area (Å²) in [6.07, 6.45) is 3.90. The highest BCUT2D eigenvalue weighted by atomic mass is 32.1. The molecule has 1 amide bonds. The predicted molar refractivity (Wildman–Crippen MR) is 69.1 cm³/mol. The van der Waals surface area contributed by atoms with Gasteiger partial charge in [0.2, 0.25) is 0 Å². The number of carbonyl (C=O) groups is 1. The van der Waals surface area contributed by atoms with Gasteiger partial charge < -0.3 is 10.6 Å². The first-order valence-electron chi connectivity index (χ1n) is 5.58. The van der Waals surface area contributed by atoms with Crippen LogP contribution < -0.4 is 5.73 Å². The molecule has 4 nitrogen and oxygen atoms in total. The maximum atomic E-state index is 12.2. The van der Waals surface area contributed by atoms with Gasteiger partial charge in [0, 0.05) is 19.3 Å². The molecule has 2 heterocycles. The molecule has 0 aliphatic heterocycles. The van der Waals surface area contributed by atoms with E-state index in [2.05, 4.69) is 4.98 Å². The van der Waals surface area contributed by atoms with Crippen molar-refractivity contribution in [2.45, 2.75) is 18.9 Å². The predicted octanol–water partition coefficient (Wildman–Crippen LogP) is 2.11. The molecule has 0 bridgehead atoms. The summed E-state index contributed by atoms with van der Waals surface area (Å²) in [4.78, 5) is 18.9. The lowest BCUT2D eigenvalue weighted by Gasteiger charge is -2.15. The highest BCUT2D eigenvalue weighted by Crippen LogP contribution is 2.35. The molecule has 2 N–H and O–H groups in total. The van der Waals surface area contributed by atoms with E-state index in [0.717, 1.165) is 23.1 Å². The Bertz CT molecular complexity index is 588. The van der Waals surface area contributed by atoms with E-state index < -0.39 is 0 Å². The Morgan fingerprint density at radius 1 is 1.59 bits per heavy atom. The topological polar surface area (TPSA) is 59.2 Å². The first-order chi connectivity index (χ1) is 8.18. The average Bonchev–Trinajstić information content (AvgIpc) is 3.14. The molecule has 5 heteroatoms. The van der Waals surface area contributed by atoms with Gasteiger partial charge >= 0.3 is 0 Å². The smallest absolute Gasteiger partial charge is 0.266 e. The van der Waals surface area contributed by atoms with Gasteiger partial charge in [0.05, 0.1) is 10.4 Å². The molecule has 1 aliphatic rings. The Morgan fingerprint density at radius 3 is 3.00 bits per heavy atom. The van der Waals surface area contributed by atoms with E-state index in [0.29, 0.717) is 16.6 Å². The largest absolute Gasteiger partial charge is 0.396 e. The lowest BCUT2D eigenvalue weighted by atomic mass is 10.3. The zero-order valence-electron chi connectivity index (χ0n) is 9.51. The Hall–Kier alpha value is -1.62. The van der Waals surface area contributed by atoms with E-state index in [-0.39, 0.29) is 5.91 Å². The van der Waals surface area contributed by atoms with Crippen molar-refractivity contribution in [2.75, 3.05) is 12.8 Å². The zero-order valence-corrected chi connectivity index (χ0v) is 10.3. The van der Waals surface area contributed by atoms with Crippen LogP contribution in [0.25, 0.3) is 10.2 Å². The lowest BCUT2D eigenvalue weighted by molar-refractivity contribution is 0.0791. The average molecular weight is 247 g/mol. The molecular weight excluding hydrogens is 234 g/mol. The van der Waals surface area contributed by atoms with Crippen molar-refractivity contribution in [2.24, 2.45) is 0 Å². The second-order valence-electron chi connectivity index (χ2n) is 4.34. The van der Waals surface area contributed by atoms with E-state index in [1.54, 1.807) is 11.1 Å². The molecule has 0 spiro atoms. The van der Waals surface area contributed by atoms with Gasteiger partial charge in [-0.2, -0.15) is 0 Å². The summed E-state index contributed by atoms with van der Waals surface area (Å²) >= 11 is 1.43. The quantitative estimate of drug-likeness (QED) is 0.884. The summed E-state index contributed by atoms with van der Waals surface area (Å²) in [6, 6.07) is 4.20. The number of nitrogens with two attached hydrogens (primary N) is 1. The minimum atomic E-state index is 0.0213. The molecule has 1 aliphatic carbocycles. The molecule has 3 rings (SSSR count). The Balaban J connectivity index is 2.04. The van der Waals surface area contributed by atoms with Crippen LogP contribution in [0, 0.1) is 0 Å². The number of amides is 1. The molecule has 0 aromatic carbocycles. The van der Waals surface area contributed by atoms with E-state index >= 15 is 0 Å². The fraction of sp³-hybridized carbons (Fsp3) is 0.333. The summed E-state index contributed by atoms with van der Waals surface area (Å²) < 4.78 is 0.970. The van der Waals surface area contributed by atoms with Crippen LogP contribution in [0.15, 0.2) is 18.3 Å². The van der Waals surface area contributed by atoms with Crippen LogP contribution in [0.1, 0.15) is 22.5 Å². The maximum Gasteiger partial charge on any atom is 0.266 e. The molecule has 0 saturated heterocycles. The van der Waals surface area contributed by atoms with Crippen LogP contribution in [0.3, 0.4) is 0 Å². The van der Waals surface area contributed by atoms with Crippen LogP contribution in [0.5, 0.6) is 0 Å². The van der Waals surface area contributed by atoms with Crippen LogP contribution >= 0.6 is 11.3 Å². The van der Waals surface area contributed by atoms with Gasteiger partial charge in [0.25, 0.3) is 5.91 Å². The van der Waals surface area contributed by atoms with Crippen LogP contribution in [-0.2, 0) is 0 Å².